The monoisotopic (exact) mass is 111 g/mol. The summed E-state index contributed by atoms with van der Waals surface area (Å²) in [5.41, 5.74) is 0. The number of hydrogen-bond donors (Lipinski definition) is 0. The van der Waals surface area contributed by atoms with Crippen LogP contribution in [0.3, 0.4) is 0 Å². The van der Waals surface area contributed by atoms with E-state index >= 15 is 0 Å². The highest BCUT2D eigenvalue weighted by Gasteiger charge is 2.09. The molecule has 0 N–H and O–H groups in total. The zero-order valence-corrected chi connectivity index (χ0v) is 6.21. The van der Waals surface area contributed by atoms with Gasteiger partial charge in [-0.3, -0.25) is 0 Å². The lowest BCUT2D eigenvalue weighted by Crippen LogP contribution is -2.17. The van der Waals surface area contributed by atoms with Crippen LogP contribution in [0.4, 0.5) is 0 Å². The molecule has 1 heteroatoms. The van der Waals surface area contributed by atoms with Crippen LogP contribution in [0.5, 0.6) is 0 Å². The molecule has 0 aromatic carbocycles. The average Bonchev–Trinajstić information content (AvgIpc) is 1.30. The van der Waals surface area contributed by atoms with Crippen LogP contribution in [-0.2, 0) is 0 Å². The third kappa shape index (κ3) is 5.78. The van der Waals surface area contributed by atoms with E-state index in [-0.39, 0.29) is 0 Å². The van der Waals surface area contributed by atoms with Crippen LogP contribution in [0, 0.1) is 12.3 Å². The Kier molecular flexibility index (Phi) is 2.11. The molecule has 0 aliphatic carbocycles. The van der Waals surface area contributed by atoms with E-state index in [1.807, 2.05) is 0 Å². The van der Waals surface area contributed by atoms with Gasteiger partial charge in [-0.25, -0.2) is 0 Å². The van der Waals surface area contributed by atoms with Crippen LogP contribution < -0.4 is 0 Å². The van der Waals surface area contributed by atoms with Crippen molar-refractivity contribution in [1.82, 2.24) is 0 Å². The maximum atomic E-state index is 6.64. The van der Waals surface area contributed by atoms with Gasteiger partial charge in [0.05, 0.1) is 8.07 Å². The molecule has 7 heavy (non-hydrogen) atoms. The van der Waals surface area contributed by atoms with Gasteiger partial charge in [0, 0.05) is 6.04 Å². The van der Waals surface area contributed by atoms with Crippen LogP contribution >= 0.6 is 0 Å². The second kappa shape index (κ2) is 2.18. The van der Waals surface area contributed by atoms with Crippen molar-refractivity contribution < 1.29 is 0 Å². The fourth-order valence-corrected chi connectivity index (χ4v) is 0.795. The van der Waals surface area contributed by atoms with Gasteiger partial charge in [0.2, 0.25) is 0 Å². The SMILES string of the molecule is [C]#CC[Si](C)(C)C. The first-order valence-corrected chi connectivity index (χ1v) is 6.16. The molecule has 1 radical (unpaired) electrons. The van der Waals surface area contributed by atoms with E-state index in [1.165, 1.54) is 0 Å². The summed E-state index contributed by atoms with van der Waals surface area (Å²) >= 11 is 0. The van der Waals surface area contributed by atoms with Crippen LogP contribution in [0.15, 0.2) is 0 Å². The third-order valence-electron chi connectivity index (χ3n) is 0.619. The molecule has 0 atom stereocenters. The summed E-state index contributed by atoms with van der Waals surface area (Å²) in [5, 5.41) is 0. The smallest absolute Gasteiger partial charge is 0.0574 e. The summed E-state index contributed by atoms with van der Waals surface area (Å²) in [6, 6.07) is 0.896. The van der Waals surface area contributed by atoms with E-state index in [2.05, 4.69) is 25.6 Å². The Morgan fingerprint density at radius 2 is 1.86 bits per heavy atom. The highest BCUT2D eigenvalue weighted by Crippen LogP contribution is 2.04. The standard InChI is InChI=1S/C6H11Si/c1-5-6-7(2,3)4/h6H2,2-4H3. The van der Waals surface area contributed by atoms with Crippen molar-refractivity contribution in [1.29, 1.82) is 0 Å². The Labute approximate surface area is 46.9 Å². The summed E-state index contributed by atoms with van der Waals surface area (Å²) in [5.74, 6) is 2.42. The zero-order chi connectivity index (χ0) is 5.91. The Bertz CT molecular complexity index is 81.3. The van der Waals surface area contributed by atoms with Crippen LogP contribution in [-0.4, -0.2) is 8.07 Å². The first-order valence-electron chi connectivity index (χ1n) is 2.46. The maximum absolute atomic E-state index is 6.64. The molecule has 0 saturated carbocycles. The van der Waals surface area contributed by atoms with Crippen molar-refractivity contribution in [2.45, 2.75) is 25.7 Å². The van der Waals surface area contributed by atoms with Gasteiger partial charge in [0.25, 0.3) is 0 Å². The number of rotatable bonds is 1. The zero-order valence-electron chi connectivity index (χ0n) is 5.21. The molecule has 0 aliphatic rings. The summed E-state index contributed by atoms with van der Waals surface area (Å²) < 4.78 is 0. The van der Waals surface area contributed by atoms with Crippen LogP contribution in [0.2, 0.25) is 25.7 Å². The molecule has 0 bridgehead atoms. The minimum absolute atomic E-state index is 0.896. The first kappa shape index (κ1) is 6.78. The summed E-state index contributed by atoms with van der Waals surface area (Å²) in [6.07, 6.45) is 6.64. The van der Waals surface area contributed by atoms with Gasteiger partial charge < -0.3 is 0 Å². The minimum Gasteiger partial charge on any atom is -0.0921 e. The van der Waals surface area contributed by atoms with E-state index in [9.17, 15) is 0 Å². The lowest BCUT2D eigenvalue weighted by molar-refractivity contribution is 1.57. The van der Waals surface area contributed by atoms with E-state index in [4.69, 9.17) is 6.42 Å². The molecule has 39 valence electrons. The topological polar surface area (TPSA) is 0 Å². The van der Waals surface area contributed by atoms with Gasteiger partial charge in [-0.05, 0) is 6.42 Å². The lowest BCUT2D eigenvalue weighted by atomic mass is 10.8. The molecule has 0 unspecified atom stereocenters. The molecule has 0 rings (SSSR count). The molecule has 0 saturated heterocycles. The highest BCUT2D eigenvalue weighted by atomic mass is 28.3. The molecule has 0 aromatic heterocycles. The fraction of sp³-hybridized carbons (Fsp3) is 0.667. The van der Waals surface area contributed by atoms with Gasteiger partial charge in [0.1, 0.15) is 0 Å². The van der Waals surface area contributed by atoms with Crippen molar-refractivity contribution in [3.63, 3.8) is 0 Å². The fourth-order valence-electron chi connectivity index (χ4n) is 0.265. The van der Waals surface area contributed by atoms with Crippen LogP contribution in [0.25, 0.3) is 0 Å². The van der Waals surface area contributed by atoms with Gasteiger partial charge >= 0.3 is 0 Å². The van der Waals surface area contributed by atoms with E-state index in [1.54, 1.807) is 0 Å². The van der Waals surface area contributed by atoms with E-state index < -0.39 is 8.07 Å². The lowest BCUT2D eigenvalue weighted by Gasteiger charge is -2.08. The quantitative estimate of drug-likeness (QED) is 0.358. The number of hydrogen-bond acceptors (Lipinski definition) is 0. The van der Waals surface area contributed by atoms with Gasteiger partial charge in [-0.1, -0.05) is 25.6 Å². The molecule has 0 amide bonds. The molecule has 0 nitrogen and oxygen atoms in total. The second-order valence-corrected chi connectivity index (χ2v) is 8.39. The van der Waals surface area contributed by atoms with Crippen molar-refractivity contribution in [2.24, 2.45) is 0 Å². The predicted octanol–water partition coefficient (Wildman–Crippen LogP) is 1.91. The molecule has 0 spiro atoms. The largest absolute Gasteiger partial charge is 0.0921 e. The predicted molar refractivity (Wildman–Crippen MR) is 35.3 cm³/mol. The van der Waals surface area contributed by atoms with Gasteiger partial charge in [-0.15, -0.1) is 0 Å². The molecule has 0 heterocycles. The van der Waals surface area contributed by atoms with E-state index in [0.717, 1.165) is 6.04 Å². The maximum Gasteiger partial charge on any atom is 0.0574 e. The van der Waals surface area contributed by atoms with Gasteiger partial charge in [-0.2, -0.15) is 0 Å². The van der Waals surface area contributed by atoms with Crippen molar-refractivity contribution in [2.75, 3.05) is 0 Å². The Morgan fingerprint density at radius 1 is 1.43 bits per heavy atom. The Hall–Kier alpha value is -0.223. The molecule has 0 fully saturated rings. The molecule has 0 aromatic rings. The molecular weight excluding hydrogens is 100 g/mol. The van der Waals surface area contributed by atoms with Crippen molar-refractivity contribution in [3.8, 4) is 5.92 Å². The summed E-state index contributed by atoms with van der Waals surface area (Å²) in [4.78, 5) is 0. The van der Waals surface area contributed by atoms with Crippen molar-refractivity contribution >= 4 is 8.07 Å². The highest BCUT2D eigenvalue weighted by molar-refractivity contribution is 6.76. The summed E-state index contributed by atoms with van der Waals surface area (Å²) in [7, 11) is -0.956. The second-order valence-electron chi connectivity index (χ2n) is 2.91. The molecule has 0 aliphatic heterocycles. The minimum atomic E-state index is -0.956. The molecular formula is C6H11Si. The Morgan fingerprint density at radius 3 is 1.86 bits per heavy atom. The first-order chi connectivity index (χ1) is 3.06. The third-order valence-corrected chi connectivity index (χ3v) is 1.86. The normalized spacial score (nSPS) is 10.6. The van der Waals surface area contributed by atoms with E-state index in [0.29, 0.717) is 0 Å². The van der Waals surface area contributed by atoms with Crippen molar-refractivity contribution in [3.05, 3.63) is 6.42 Å². The van der Waals surface area contributed by atoms with Crippen LogP contribution in [0.1, 0.15) is 0 Å². The summed E-state index contributed by atoms with van der Waals surface area (Å²) in [6.45, 7) is 6.69. The average molecular weight is 111 g/mol. The van der Waals surface area contributed by atoms with Gasteiger partial charge in [0.15, 0.2) is 0 Å². The Balaban J connectivity index is 3.40.